The predicted octanol–water partition coefficient (Wildman–Crippen LogP) is 2.01. The van der Waals surface area contributed by atoms with Gasteiger partial charge in [-0.05, 0) is 36.5 Å². The molecule has 0 aromatic rings. The molecule has 0 radical (unpaired) electrons. The summed E-state index contributed by atoms with van der Waals surface area (Å²) in [4.78, 5) is 23.5. The minimum absolute atomic E-state index is 0.0853. The normalized spacial score (nSPS) is 48.8. The maximum Gasteiger partial charge on any atom is 0.224 e. The lowest BCUT2D eigenvalue weighted by Crippen LogP contribution is -2.66. The Morgan fingerprint density at radius 2 is 1.76 bits per heavy atom. The molecule has 0 aromatic carbocycles. The molecule has 2 saturated carbocycles. The number of carbonyl (C=O) groups is 2. The van der Waals surface area contributed by atoms with E-state index in [1.54, 1.807) is 0 Å². The van der Waals surface area contributed by atoms with Crippen LogP contribution in [0.4, 0.5) is 0 Å². The van der Waals surface area contributed by atoms with E-state index in [1.807, 2.05) is 0 Å². The van der Waals surface area contributed by atoms with Crippen LogP contribution in [0.3, 0.4) is 0 Å². The SMILES string of the molecule is CC1CC(C)C1C(=O)NC1(C=O)CC(C)C1C. The molecule has 0 saturated heterocycles. The van der Waals surface area contributed by atoms with E-state index >= 15 is 0 Å². The van der Waals surface area contributed by atoms with Crippen LogP contribution in [0, 0.1) is 29.6 Å². The van der Waals surface area contributed by atoms with E-state index in [0.29, 0.717) is 17.8 Å². The molecule has 0 spiro atoms. The number of hydrogen-bond donors (Lipinski definition) is 1. The van der Waals surface area contributed by atoms with E-state index in [4.69, 9.17) is 0 Å². The third-order valence-corrected chi connectivity index (χ3v) is 5.16. The van der Waals surface area contributed by atoms with Gasteiger partial charge in [-0.3, -0.25) is 4.79 Å². The van der Waals surface area contributed by atoms with Gasteiger partial charge in [0.2, 0.25) is 5.91 Å². The Hall–Kier alpha value is -0.860. The van der Waals surface area contributed by atoms with E-state index in [1.165, 1.54) is 0 Å². The lowest BCUT2D eigenvalue weighted by molar-refractivity contribution is -0.143. The van der Waals surface area contributed by atoms with E-state index in [2.05, 4.69) is 33.0 Å². The first-order valence-corrected chi connectivity index (χ1v) is 6.69. The molecule has 0 heterocycles. The van der Waals surface area contributed by atoms with Crippen molar-refractivity contribution in [2.24, 2.45) is 29.6 Å². The van der Waals surface area contributed by atoms with Crippen LogP contribution in [0.15, 0.2) is 0 Å². The van der Waals surface area contributed by atoms with Gasteiger partial charge in [0.1, 0.15) is 6.29 Å². The van der Waals surface area contributed by atoms with Crippen molar-refractivity contribution in [3.8, 4) is 0 Å². The van der Waals surface area contributed by atoms with Crippen molar-refractivity contribution in [3.05, 3.63) is 0 Å². The smallest absolute Gasteiger partial charge is 0.224 e. The number of amides is 1. The van der Waals surface area contributed by atoms with Gasteiger partial charge in [-0.1, -0.05) is 27.7 Å². The van der Waals surface area contributed by atoms with Crippen LogP contribution in [0.1, 0.15) is 40.5 Å². The van der Waals surface area contributed by atoms with Crippen molar-refractivity contribution >= 4 is 12.2 Å². The molecule has 96 valence electrons. The zero-order valence-corrected chi connectivity index (χ0v) is 11.2. The number of hydrogen-bond acceptors (Lipinski definition) is 2. The number of rotatable bonds is 3. The van der Waals surface area contributed by atoms with Gasteiger partial charge in [-0.2, -0.15) is 0 Å². The highest BCUT2D eigenvalue weighted by molar-refractivity contribution is 5.85. The van der Waals surface area contributed by atoms with Crippen LogP contribution in [0.5, 0.6) is 0 Å². The summed E-state index contributed by atoms with van der Waals surface area (Å²) in [7, 11) is 0. The molecule has 2 fully saturated rings. The van der Waals surface area contributed by atoms with Gasteiger partial charge in [-0.15, -0.1) is 0 Å². The highest BCUT2D eigenvalue weighted by Gasteiger charge is 2.52. The fourth-order valence-electron chi connectivity index (χ4n) is 3.67. The van der Waals surface area contributed by atoms with Gasteiger partial charge in [0, 0.05) is 5.92 Å². The molecule has 0 bridgehead atoms. The zero-order valence-electron chi connectivity index (χ0n) is 11.2. The van der Waals surface area contributed by atoms with Crippen molar-refractivity contribution in [2.45, 2.75) is 46.1 Å². The highest BCUT2D eigenvalue weighted by atomic mass is 16.2. The largest absolute Gasteiger partial charge is 0.343 e. The van der Waals surface area contributed by atoms with Gasteiger partial charge in [-0.25, -0.2) is 0 Å². The summed E-state index contributed by atoms with van der Waals surface area (Å²) in [6.45, 7) is 8.42. The first kappa shape index (κ1) is 12.6. The summed E-state index contributed by atoms with van der Waals surface area (Å²) in [5.74, 6) is 1.89. The lowest BCUT2D eigenvalue weighted by Gasteiger charge is -2.51. The molecule has 5 unspecified atom stereocenters. The quantitative estimate of drug-likeness (QED) is 0.763. The van der Waals surface area contributed by atoms with Crippen molar-refractivity contribution in [1.29, 1.82) is 0 Å². The maximum atomic E-state index is 12.2. The zero-order chi connectivity index (χ0) is 12.8. The molecular weight excluding hydrogens is 214 g/mol. The van der Waals surface area contributed by atoms with Gasteiger partial charge in [0.05, 0.1) is 5.54 Å². The van der Waals surface area contributed by atoms with Crippen molar-refractivity contribution < 1.29 is 9.59 Å². The second kappa shape index (κ2) is 4.11. The minimum atomic E-state index is -0.578. The molecule has 2 rings (SSSR count). The Morgan fingerprint density at radius 3 is 2.12 bits per heavy atom. The standard InChI is InChI=1S/C14H23NO2/c1-8-5-9(2)12(8)13(17)15-14(7-16)6-10(3)11(14)4/h7-12H,5-6H2,1-4H3,(H,15,17). The second-order valence-electron chi connectivity index (χ2n) is 6.33. The summed E-state index contributed by atoms with van der Waals surface area (Å²) in [6.07, 6.45) is 2.86. The van der Waals surface area contributed by atoms with Crippen LogP contribution in [0.2, 0.25) is 0 Å². The first-order valence-electron chi connectivity index (χ1n) is 6.69. The Balaban J connectivity index is 2.01. The summed E-state index contributed by atoms with van der Waals surface area (Å²) in [6, 6.07) is 0. The Bertz CT molecular complexity index is 333. The monoisotopic (exact) mass is 237 g/mol. The third kappa shape index (κ3) is 1.80. The fourth-order valence-corrected chi connectivity index (χ4v) is 3.67. The number of aldehydes is 1. The van der Waals surface area contributed by atoms with Crippen LogP contribution in [0.25, 0.3) is 0 Å². The van der Waals surface area contributed by atoms with Gasteiger partial charge < -0.3 is 10.1 Å². The van der Waals surface area contributed by atoms with Crippen LogP contribution >= 0.6 is 0 Å². The molecule has 1 amide bonds. The van der Waals surface area contributed by atoms with Crippen molar-refractivity contribution in [1.82, 2.24) is 5.32 Å². The van der Waals surface area contributed by atoms with Gasteiger partial charge in [0.25, 0.3) is 0 Å². The van der Waals surface area contributed by atoms with Gasteiger partial charge >= 0.3 is 0 Å². The summed E-state index contributed by atoms with van der Waals surface area (Å²) in [5, 5.41) is 3.02. The maximum absolute atomic E-state index is 12.2. The van der Waals surface area contributed by atoms with Crippen LogP contribution < -0.4 is 5.32 Å². The Morgan fingerprint density at radius 1 is 1.18 bits per heavy atom. The topological polar surface area (TPSA) is 46.2 Å². The molecule has 0 aromatic heterocycles. The molecule has 17 heavy (non-hydrogen) atoms. The number of carbonyl (C=O) groups excluding carboxylic acids is 2. The van der Waals surface area contributed by atoms with Crippen LogP contribution in [-0.2, 0) is 9.59 Å². The average molecular weight is 237 g/mol. The molecule has 2 aliphatic carbocycles. The van der Waals surface area contributed by atoms with E-state index in [-0.39, 0.29) is 17.7 Å². The van der Waals surface area contributed by atoms with E-state index in [0.717, 1.165) is 19.1 Å². The molecule has 2 aliphatic rings. The summed E-state index contributed by atoms with van der Waals surface area (Å²) >= 11 is 0. The molecule has 3 heteroatoms. The lowest BCUT2D eigenvalue weighted by atomic mass is 9.60. The fraction of sp³-hybridized carbons (Fsp3) is 0.857. The summed E-state index contributed by atoms with van der Waals surface area (Å²) in [5.41, 5.74) is -0.578. The minimum Gasteiger partial charge on any atom is -0.343 e. The van der Waals surface area contributed by atoms with E-state index in [9.17, 15) is 9.59 Å². The van der Waals surface area contributed by atoms with Crippen LogP contribution in [-0.4, -0.2) is 17.7 Å². The Labute approximate surface area is 103 Å². The summed E-state index contributed by atoms with van der Waals surface area (Å²) < 4.78 is 0. The molecular formula is C14H23NO2. The third-order valence-electron chi connectivity index (χ3n) is 5.16. The molecule has 5 atom stereocenters. The highest BCUT2D eigenvalue weighted by Crippen LogP contribution is 2.44. The van der Waals surface area contributed by atoms with Gasteiger partial charge in [0.15, 0.2) is 0 Å². The average Bonchev–Trinajstić information content (AvgIpc) is 2.26. The molecule has 0 aliphatic heterocycles. The molecule has 1 N–H and O–H groups in total. The second-order valence-corrected chi connectivity index (χ2v) is 6.33. The predicted molar refractivity (Wildman–Crippen MR) is 66.3 cm³/mol. The number of nitrogens with one attached hydrogen (secondary N) is 1. The van der Waals surface area contributed by atoms with Crippen molar-refractivity contribution in [3.63, 3.8) is 0 Å². The van der Waals surface area contributed by atoms with E-state index < -0.39 is 5.54 Å². The molecule has 3 nitrogen and oxygen atoms in total. The Kier molecular flexibility index (Phi) is 3.04. The van der Waals surface area contributed by atoms with Crippen molar-refractivity contribution in [2.75, 3.05) is 0 Å². The first-order chi connectivity index (χ1) is 7.91.